The molecule has 0 spiro atoms. The number of halogens is 2. The summed E-state index contributed by atoms with van der Waals surface area (Å²) in [5.74, 6) is -1.39. The minimum Gasteiger partial charge on any atom is -0.465 e. The third-order valence-corrected chi connectivity index (χ3v) is 2.76. The number of methoxy groups -OCH3 is 1. The van der Waals surface area contributed by atoms with E-state index in [9.17, 15) is 13.6 Å². The van der Waals surface area contributed by atoms with Gasteiger partial charge >= 0.3 is 5.97 Å². The SMILES string of the molecule is COC(=O)c1ccc(F)c(NCc2cccc(F)c2)c1. The molecule has 0 aliphatic carbocycles. The van der Waals surface area contributed by atoms with Gasteiger partial charge in [0.15, 0.2) is 0 Å². The van der Waals surface area contributed by atoms with E-state index in [-0.39, 0.29) is 23.6 Å². The Morgan fingerprint density at radius 2 is 2.00 bits per heavy atom. The highest BCUT2D eigenvalue weighted by molar-refractivity contribution is 5.90. The van der Waals surface area contributed by atoms with Crippen LogP contribution in [-0.4, -0.2) is 13.1 Å². The number of benzene rings is 2. The molecule has 2 rings (SSSR count). The van der Waals surface area contributed by atoms with Crippen LogP contribution in [0.5, 0.6) is 0 Å². The first kappa shape index (κ1) is 14.0. The second-order valence-corrected chi connectivity index (χ2v) is 4.17. The van der Waals surface area contributed by atoms with Gasteiger partial charge in [-0.1, -0.05) is 12.1 Å². The molecule has 2 aromatic rings. The molecule has 0 unspecified atom stereocenters. The summed E-state index contributed by atoms with van der Waals surface area (Å²) in [6.07, 6.45) is 0. The number of hydrogen-bond donors (Lipinski definition) is 1. The second kappa shape index (κ2) is 6.14. The first-order chi connectivity index (χ1) is 9.60. The Balaban J connectivity index is 2.14. The van der Waals surface area contributed by atoms with Crippen LogP contribution in [0.2, 0.25) is 0 Å². The number of ether oxygens (including phenoxy) is 1. The lowest BCUT2D eigenvalue weighted by Gasteiger charge is -2.09. The Kier molecular flexibility index (Phi) is 4.30. The van der Waals surface area contributed by atoms with Crippen LogP contribution in [0.25, 0.3) is 0 Å². The average Bonchev–Trinajstić information content (AvgIpc) is 2.45. The quantitative estimate of drug-likeness (QED) is 0.871. The van der Waals surface area contributed by atoms with E-state index >= 15 is 0 Å². The second-order valence-electron chi connectivity index (χ2n) is 4.17. The van der Waals surface area contributed by atoms with Crippen molar-refractivity contribution in [3.8, 4) is 0 Å². The Morgan fingerprint density at radius 1 is 1.20 bits per heavy atom. The average molecular weight is 277 g/mol. The van der Waals surface area contributed by atoms with E-state index < -0.39 is 11.8 Å². The first-order valence-corrected chi connectivity index (χ1v) is 5.96. The minimum absolute atomic E-state index is 0.164. The fourth-order valence-corrected chi connectivity index (χ4v) is 1.75. The van der Waals surface area contributed by atoms with Gasteiger partial charge in [-0.25, -0.2) is 13.6 Å². The molecule has 0 fully saturated rings. The van der Waals surface area contributed by atoms with E-state index in [1.54, 1.807) is 12.1 Å². The maximum absolute atomic E-state index is 13.6. The van der Waals surface area contributed by atoms with Crippen molar-refractivity contribution in [2.75, 3.05) is 12.4 Å². The number of nitrogens with one attached hydrogen (secondary N) is 1. The predicted molar refractivity (Wildman–Crippen MR) is 71.5 cm³/mol. The molecule has 0 bridgehead atoms. The van der Waals surface area contributed by atoms with Gasteiger partial charge in [0.05, 0.1) is 18.4 Å². The molecule has 0 aliphatic rings. The summed E-state index contributed by atoms with van der Waals surface area (Å²) >= 11 is 0. The molecule has 1 N–H and O–H groups in total. The Bertz CT molecular complexity index is 629. The lowest BCUT2D eigenvalue weighted by atomic mass is 10.1. The molecular weight excluding hydrogens is 264 g/mol. The molecule has 0 aliphatic heterocycles. The van der Waals surface area contributed by atoms with Gasteiger partial charge in [-0.05, 0) is 35.9 Å². The van der Waals surface area contributed by atoms with Gasteiger partial charge < -0.3 is 10.1 Å². The van der Waals surface area contributed by atoms with Crippen LogP contribution >= 0.6 is 0 Å². The number of esters is 1. The van der Waals surface area contributed by atoms with Crippen molar-refractivity contribution in [3.05, 3.63) is 65.2 Å². The van der Waals surface area contributed by atoms with Crippen LogP contribution in [-0.2, 0) is 11.3 Å². The van der Waals surface area contributed by atoms with Crippen molar-refractivity contribution in [3.63, 3.8) is 0 Å². The van der Waals surface area contributed by atoms with Crippen molar-refractivity contribution >= 4 is 11.7 Å². The number of carbonyl (C=O) groups excluding carboxylic acids is 1. The number of carbonyl (C=O) groups is 1. The minimum atomic E-state index is -0.543. The van der Waals surface area contributed by atoms with Crippen LogP contribution in [0.4, 0.5) is 14.5 Å². The summed E-state index contributed by atoms with van der Waals surface area (Å²) in [6.45, 7) is 0.249. The van der Waals surface area contributed by atoms with Gasteiger partial charge in [0, 0.05) is 6.54 Å². The summed E-state index contributed by atoms with van der Waals surface area (Å²) in [4.78, 5) is 11.4. The van der Waals surface area contributed by atoms with E-state index in [0.29, 0.717) is 5.56 Å². The Morgan fingerprint density at radius 3 is 2.70 bits per heavy atom. The van der Waals surface area contributed by atoms with Crippen molar-refractivity contribution in [2.24, 2.45) is 0 Å². The van der Waals surface area contributed by atoms with Crippen LogP contribution in [0, 0.1) is 11.6 Å². The lowest BCUT2D eigenvalue weighted by Crippen LogP contribution is -2.06. The maximum Gasteiger partial charge on any atom is 0.337 e. The Labute approximate surface area is 115 Å². The summed E-state index contributed by atoms with van der Waals surface area (Å²) < 4.78 is 31.2. The van der Waals surface area contributed by atoms with Crippen molar-refractivity contribution in [2.45, 2.75) is 6.54 Å². The Hall–Kier alpha value is -2.43. The highest BCUT2D eigenvalue weighted by Crippen LogP contribution is 2.18. The van der Waals surface area contributed by atoms with Crippen molar-refractivity contribution < 1.29 is 18.3 Å². The van der Waals surface area contributed by atoms with Crippen LogP contribution < -0.4 is 5.32 Å². The largest absolute Gasteiger partial charge is 0.465 e. The van der Waals surface area contributed by atoms with Gasteiger partial charge in [0.1, 0.15) is 11.6 Å². The number of hydrogen-bond acceptors (Lipinski definition) is 3. The summed E-state index contributed by atoms with van der Waals surface area (Å²) in [6, 6.07) is 9.87. The lowest BCUT2D eigenvalue weighted by molar-refractivity contribution is 0.0600. The van der Waals surface area contributed by atoms with Crippen molar-refractivity contribution in [1.82, 2.24) is 0 Å². The summed E-state index contributed by atoms with van der Waals surface area (Å²) in [7, 11) is 1.26. The summed E-state index contributed by atoms with van der Waals surface area (Å²) in [5, 5.41) is 2.83. The van der Waals surface area contributed by atoms with Gasteiger partial charge in [-0.2, -0.15) is 0 Å². The highest BCUT2D eigenvalue weighted by Gasteiger charge is 2.09. The number of anilines is 1. The molecule has 0 aromatic heterocycles. The van der Waals surface area contributed by atoms with Crippen LogP contribution in [0.15, 0.2) is 42.5 Å². The summed E-state index contributed by atoms with van der Waals surface area (Å²) in [5.41, 5.74) is 1.08. The molecule has 0 saturated heterocycles. The van der Waals surface area contributed by atoms with Crippen molar-refractivity contribution in [1.29, 1.82) is 0 Å². The van der Waals surface area contributed by atoms with Gasteiger partial charge in [-0.3, -0.25) is 0 Å². The molecule has 20 heavy (non-hydrogen) atoms. The molecule has 0 atom stereocenters. The molecule has 5 heteroatoms. The fraction of sp³-hybridized carbons (Fsp3) is 0.133. The van der Waals surface area contributed by atoms with E-state index in [2.05, 4.69) is 10.1 Å². The van der Waals surface area contributed by atoms with E-state index in [4.69, 9.17) is 0 Å². The molecular formula is C15H13F2NO2. The van der Waals surface area contributed by atoms with E-state index in [1.165, 1.54) is 37.4 Å². The van der Waals surface area contributed by atoms with E-state index in [0.717, 1.165) is 0 Å². The zero-order chi connectivity index (χ0) is 14.5. The molecule has 0 saturated carbocycles. The zero-order valence-electron chi connectivity index (χ0n) is 10.8. The monoisotopic (exact) mass is 277 g/mol. The van der Waals surface area contributed by atoms with Crippen LogP contribution in [0.3, 0.4) is 0 Å². The maximum atomic E-state index is 13.6. The standard InChI is InChI=1S/C15H13F2NO2/c1-20-15(19)11-5-6-13(17)14(8-11)18-9-10-3-2-4-12(16)7-10/h2-8,18H,9H2,1H3. The molecule has 2 aromatic carbocycles. The van der Waals surface area contributed by atoms with Gasteiger partial charge in [0.25, 0.3) is 0 Å². The highest BCUT2D eigenvalue weighted by atomic mass is 19.1. The van der Waals surface area contributed by atoms with E-state index in [1.807, 2.05) is 0 Å². The zero-order valence-corrected chi connectivity index (χ0v) is 10.8. The normalized spacial score (nSPS) is 10.2. The van der Waals surface area contributed by atoms with Crippen LogP contribution in [0.1, 0.15) is 15.9 Å². The molecule has 0 radical (unpaired) electrons. The predicted octanol–water partition coefficient (Wildman–Crippen LogP) is 3.36. The fourth-order valence-electron chi connectivity index (χ4n) is 1.75. The molecule has 0 amide bonds. The smallest absolute Gasteiger partial charge is 0.337 e. The molecule has 3 nitrogen and oxygen atoms in total. The van der Waals surface area contributed by atoms with Gasteiger partial charge in [-0.15, -0.1) is 0 Å². The molecule has 104 valence electrons. The topological polar surface area (TPSA) is 38.3 Å². The third kappa shape index (κ3) is 3.32. The van der Waals surface area contributed by atoms with Gasteiger partial charge in [0.2, 0.25) is 0 Å². The first-order valence-electron chi connectivity index (χ1n) is 5.96. The number of rotatable bonds is 4. The molecule has 0 heterocycles. The third-order valence-electron chi connectivity index (χ3n) is 2.76.